The molecule has 3 nitrogen and oxygen atoms in total. The van der Waals surface area contributed by atoms with E-state index >= 15 is 0 Å². The molecule has 1 aliphatic heterocycles. The van der Waals surface area contributed by atoms with Gasteiger partial charge in [-0.05, 0) is 40.4 Å². The Balaban J connectivity index is 2.23. The van der Waals surface area contributed by atoms with E-state index < -0.39 is 0 Å². The molecule has 0 saturated carbocycles. The molecule has 2 heterocycles. The normalized spacial score (nSPS) is 25.9. The van der Waals surface area contributed by atoms with Gasteiger partial charge in [0.25, 0.3) is 0 Å². The third kappa shape index (κ3) is 2.16. The summed E-state index contributed by atoms with van der Waals surface area (Å²) in [5.74, 6) is 1.49. The highest BCUT2D eigenvalue weighted by Crippen LogP contribution is 2.28. The second-order valence-corrected chi connectivity index (χ2v) is 4.84. The summed E-state index contributed by atoms with van der Waals surface area (Å²) in [4.78, 5) is 6.61. The van der Waals surface area contributed by atoms with Crippen LogP contribution in [-0.4, -0.2) is 29.3 Å². The lowest BCUT2D eigenvalue weighted by Crippen LogP contribution is -2.35. The second kappa shape index (κ2) is 4.49. The van der Waals surface area contributed by atoms with E-state index in [0.717, 1.165) is 23.4 Å². The van der Waals surface area contributed by atoms with Crippen LogP contribution in [0.15, 0.2) is 22.8 Å². The first-order valence-electron chi connectivity index (χ1n) is 5.22. The number of aromatic nitrogens is 1. The van der Waals surface area contributed by atoms with Gasteiger partial charge in [-0.2, -0.15) is 0 Å². The van der Waals surface area contributed by atoms with Gasteiger partial charge in [0, 0.05) is 6.54 Å². The van der Waals surface area contributed by atoms with Crippen LogP contribution >= 0.6 is 15.9 Å². The summed E-state index contributed by atoms with van der Waals surface area (Å²) >= 11 is 3.37. The monoisotopic (exact) mass is 270 g/mol. The molecule has 0 aliphatic carbocycles. The van der Waals surface area contributed by atoms with E-state index in [0.29, 0.717) is 5.92 Å². The van der Waals surface area contributed by atoms with Crippen LogP contribution in [0, 0.1) is 5.92 Å². The zero-order valence-electron chi connectivity index (χ0n) is 8.73. The van der Waals surface area contributed by atoms with Gasteiger partial charge in [0.2, 0.25) is 0 Å². The van der Waals surface area contributed by atoms with Crippen molar-refractivity contribution < 1.29 is 5.11 Å². The number of pyridine rings is 1. The minimum atomic E-state index is 0.204. The fraction of sp³-hybridized carbons (Fsp3) is 0.545. The molecule has 2 rings (SSSR count). The van der Waals surface area contributed by atoms with E-state index in [9.17, 15) is 5.11 Å². The van der Waals surface area contributed by atoms with Crippen molar-refractivity contribution in [3.63, 3.8) is 0 Å². The van der Waals surface area contributed by atoms with Crippen molar-refractivity contribution in [3.8, 4) is 0 Å². The largest absolute Gasteiger partial charge is 0.394 e. The molecule has 0 aromatic carbocycles. The molecule has 0 amide bonds. The quantitative estimate of drug-likeness (QED) is 0.836. The molecular weight excluding hydrogens is 256 g/mol. The molecule has 2 atom stereocenters. The van der Waals surface area contributed by atoms with Crippen molar-refractivity contribution in [2.24, 2.45) is 5.92 Å². The molecule has 15 heavy (non-hydrogen) atoms. The summed E-state index contributed by atoms with van der Waals surface area (Å²) in [6.07, 6.45) is 1.12. The third-order valence-corrected chi connectivity index (χ3v) is 3.51. The van der Waals surface area contributed by atoms with Crippen LogP contribution in [0.4, 0.5) is 5.82 Å². The number of aliphatic hydroxyl groups excluding tert-OH is 1. The first-order chi connectivity index (χ1) is 7.22. The molecule has 4 heteroatoms. The fourth-order valence-electron chi connectivity index (χ4n) is 2.13. The molecular formula is C11H15BrN2O. The van der Waals surface area contributed by atoms with Crippen molar-refractivity contribution in [2.45, 2.75) is 19.4 Å². The fourth-order valence-corrected chi connectivity index (χ4v) is 2.46. The van der Waals surface area contributed by atoms with E-state index in [-0.39, 0.29) is 12.6 Å². The van der Waals surface area contributed by atoms with Crippen molar-refractivity contribution in [3.05, 3.63) is 22.8 Å². The van der Waals surface area contributed by atoms with Crippen LogP contribution in [-0.2, 0) is 0 Å². The maximum absolute atomic E-state index is 9.36. The molecule has 0 bridgehead atoms. The van der Waals surface area contributed by atoms with Gasteiger partial charge < -0.3 is 10.0 Å². The number of hydrogen-bond donors (Lipinski definition) is 1. The Labute approximate surface area is 98.3 Å². The molecule has 82 valence electrons. The maximum Gasteiger partial charge on any atom is 0.130 e. The zero-order chi connectivity index (χ0) is 10.8. The predicted molar refractivity (Wildman–Crippen MR) is 63.9 cm³/mol. The highest BCUT2D eigenvalue weighted by Gasteiger charge is 2.31. The SMILES string of the molecule is CC1CCN(c2cccc(Br)n2)C1CO. The molecule has 1 aromatic rings. The first kappa shape index (κ1) is 10.9. The van der Waals surface area contributed by atoms with E-state index in [1.54, 1.807) is 0 Å². The number of rotatable bonds is 2. The van der Waals surface area contributed by atoms with E-state index in [4.69, 9.17) is 0 Å². The summed E-state index contributed by atoms with van der Waals surface area (Å²) in [5, 5.41) is 9.36. The molecule has 0 radical (unpaired) electrons. The Kier molecular flexibility index (Phi) is 3.26. The van der Waals surface area contributed by atoms with Crippen LogP contribution in [0.2, 0.25) is 0 Å². The summed E-state index contributed by atoms with van der Waals surface area (Å²) in [6.45, 7) is 3.37. The van der Waals surface area contributed by atoms with Gasteiger partial charge in [0.1, 0.15) is 10.4 Å². The van der Waals surface area contributed by atoms with Gasteiger partial charge in [-0.25, -0.2) is 4.98 Å². The Bertz CT molecular complexity index is 345. The Morgan fingerprint density at radius 3 is 3.07 bits per heavy atom. The number of hydrogen-bond acceptors (Lipinski definition) is 3. The number of anilines is 1. The lowest BCUT2D eigenvalue weighted by Gasteiger charge is -2.26. The van der Waals surface area contributed by atoms with Crippen molar-refractivity contribution >= 4 is 21.7 Å². The molecule has 1 N–H and O–H groups in total. The Morgan fingerprint density at radius 1 is 1.60 bits per heavy atom. The first-order valence-corrected chi connectivity index (χ1v) is 6.01. The van der Waals surface area contributed by atoms with Crippen LogP contribution in [0.5, 0.6) is 0 Å². The van der Waals surface area contributed by atoms with Gasteiger partial charge in [0.15, 0.2) is 0 Å². The topological polar surface area (TPSA) is 36.4 Å². The lowest BCUT2D eigenvalue weighted by molar-refractivity contribution is 0.244. The summed E-state index contributed by atoms with van der Waals surface area (Å²) in [5.41, 5.74) is 0. The van der Waals surface area contributed by atoms with Crippen molar-refractivity contribution in [1.82, 2.24) is 4.98 Å². The second-order valence-electron chi connectivity index (χ2n) is 4.03. The smallest absolute Gasteiger partial charge is 0.130 e. The summed E-state index contributed by atoms with van der Waals surface area (Å²) < 4.78 is 0.844. The van der Waals surface area contributed by atoms with Crippen LogP contribution in [0.1, 0.15) is 13.3 Å². The standard InChI is InChI=1S/C11H15BrN2O/c1-8-5-6-14(9(8)7-15)11-4-2-3-10(12)13-11/h2-4,8-9,15H,5-7H2,1H3. The molecule has 1 aliphatic rings. The molecule has 1 fully saturated rings. The van der Waals surface area contributed by atoms with Gasteiger partial charge in [-0.1, -0.05) is 13.0 Å². The van der Waals surface area contributed by atoms with Crippen LogP contribution < -0.4 is 4.90 Å². The van der Waals surface area contributed by atoms with E-state index in [1.165, 1.54) is 0 Å². The number of halogens is 1. The van der Waals surface area contributed by atoms with Gasteiger partial charge in [-0.3, -0.25) is 0 Å². The maximum atomic E-state index is 9.36. The van der Waals surface area contributed by atoms with Crippen LogP contribution in [0.3, 0.4) is 0 Å². The van der Waals surface area contributed by atoms with Gasteiger partial charge in [0.05, 0.1) is 12.6 Å². The molecule has 1 saturated heterocycles. The Hall–Kier alpha value is -0.610. The van der Waals surface area contributed by atoms with Crippen molar-refractivity contribution in [2.75, 3.05) is 18.1 Å². The average Bonchev–Trinajstić information content (AvgIpc) is 2.59. The molecule has 2 unspecified atom stereocenters. The Morgan fingerprint density at radius 2 is 2.40 bits per heavy atom. The van der Waals surface area contributed by atoms with Gasteiger partial charge >= 0.3 is 0 Å². The summed E-state index contributed by atoms with van der Waals surface area (Å²) in [6, 6.07) is 6.10. The third-order valence-electron chi connectivity index (χ3n) is 3.06. The predicted octanol–water partition coefficient (Wildman–Crippen LogP) is 2.05. The zero-order valence-corrected chi connectivity index (χ0v) is 10.3. The average molecular weight is 271 g/mol. The minimum absolute atomic E-state index is 0.204. The highest BCUT2D eigenvalue weighted by molar-refractivity contribution is 9.10. The van der Waals surface area contributed by atoms with E-state index in [2.05, 4.69) is 32.7 Å². The van der Waals surface area contributed by atoms with Crippen molar-refractivity contribution in [1.29, 1.82) is 0 Å². The lowest BCUT2D eigenvalue weighted by atomic mass is 10.0. The molecule has 1 aromatic heterocycles. The summed E-state index contributed by atoms with van der Waals surface area (Å²) in [7, 11) is 0. The van der Waals surface area contributed by atoms with Gasteiger partial charge in [-0.15, -0.1) is 0 Å². The van der Waals surface area contributed by atoms with E-state index in [1.807, 2.05) is 18.2 Å². The molecule has 0 spiro atoms. The minimum Gasteiger partial charge on any atom is -0.394 e. The number of nitrogens with zero attached hydrogens (tertiary/aromatic N) is 2. The van der Waals surface area contributed by atoms with Crippen LogP contribution in [0.25, 0.3) is 0 Å². The highest BCUT2D eigenvalue weighted by atomic mass is 79.9. The number of aliphatic hydroxyl groups is 1.